The van der Waals surface area contributed by atoms with Crippen molar-refractivity contribution in [3.63, 3.8) is 0 Å². The summed E-state index contributed by atoms with van der Waals surface area (Å²) in [4.78, 5) is 22.8. The van der Waals surface area contributed by atoms with Gasteiger partial charge < -0.3 is 14.8 Å². The zero-order chi connectivity index (χ0) is 14.4. The van der Waals surface area contributed by atoms with E-state index in [4.69, 9.17) is 11.6 Å². The number of carbonyl (C=O) groups excluding carboxylic acids is 2. The fourth-order valence-corrected chi connectivity index (χ4v) is 1.69. The quantitative estimate of drug-likeness (QED) is 0.669. The van der Waals surface area contributed by atoms with Crippen molar-refractivity contribution in [2.24, 2.45) is 0 Å². The van der Waals surface area contributed by atoms with E-state index >= 15 is 0 Å². The van der Waals surface area contributed by atoms with Crippen LogP contribution in [0, 0.1) is 0 Å². The van der Waals surface area contributed by atoms with Crippen LogP contribution in [-0.4, -0.2) is 26.2 Å². The third-order valence-corrected chi connectivity index (χ3v) is 2.99. The van der Waals surface area contributed by atoms with Crippen LogP contribution in [0.2, 0.25) is 5.02 Å². The Morgan fingerprint density at radius 1 is 1.32 bits per heavy atom. The number of ether oxygens (including phenoxy) is 2. The van der Waals surface area contributed by atoms with Crippen LogP contribution in [0.4, 0.5) is 5.69 Å². The standard InChI is InChI=1S/C12H11BrClNO4/c1-18-11(16)6-10(12(17)19-2)15-9-5-7(14)3-4-8(9)13/h3-6,15H,1-2H3/b10-6+. The van der Waals surface area contributed by atoms with Crippen molar-refractivity contribution >= 4 is 45.2 Å². The highest BCUT2D eigenvalue weighted by Crippen LogP contribution is 2.27. The Balaban J connectivity index is 3.07. The number of hydrogen-bond acceptors (Lipinski definition) is 5. The van der Waals surface area contributed by atoms with E-state index in [2.05, 4.69) is 30.7 Å². The fraction of sp³-hybridized carbons (Fsp3) is 0.167. The van der Waals surface area contributed by atoms with Gasteiger partial charge in [-0.25, -0.2) is 9.59 Å². The SMILES string of the molecule is COC(=O)/C=C(/Nc1cc(Cl)ccc1Br)C(=O)OC. The van der Waals surface area contributed by atoms with E-state index in [1.54, 1.807) is 18.2 Å². The highest BCUT2D eigenvalue weighted by molar-refractivity contribution is 9.10. The van der Waals surface area contributed by atoms with Gasteiger partial charge in [-0.15, -0.1) is 0 Å². The molecule has 19 heavy (non-hydrogen) atoms. The molecule has 1 rings (SSSR count). The van der Waals surface area contributed by atoms with Crippen LogP contribution in [0.5, 0.6) is 0 Å². The van der Waals surface area contributed by atoms with Gasteiger partial charge in [0.25, 0.3) is 0 Å². The molecule has 0 spiro atoms. The van der Waals surface area contributed by atoms with Crippen molar-refractivity contribution in [1.82, 2.24) is 0 Å². The Labute approximate surface area is 123 Å². The zero-order valence-corrected chi connectivity index (χ0v) is 12.5. The van der Waals surface area contributed by atoms with Gasteiger partial charge in [-0.2, -0.15) is 0 Å². The number of esters is 2. The number of benzene rings is 1. The normalized spacial score (nSPS) is 10.8. The number of anilines is 1. The van der Waals surface area contributed by atoms with Crippen LogP contribution in [0.1, 0.15) is 0 Å². The molecule has 0 amide bonds. The summed E-state index contributed by atoms with van der Waals surface area (Å²) in [7, 11) is 2.42. The van der Waals surface area contributed by atoms with Crippen LogP contribution in [0.15, 0.2) is 34.4 Å². The molecule has 0 aromatic heterocycles. The zero-order valence-electron chi connectivity index (χ0n) is 10.2. The van der Waals surface area contributed by atoms with Gasteiger partial charge in [-0.3, -0.25) is 0 Å². The third kappa shape index (κ3) is 4.57. The summed E-state index contributed by atoms with van der Waals surface area (Å²) in [6.45, 7) is 0. The molecule has 0 unspecified atom stereocenters. The Kier molecular flexibility index (Phi) is 5.85. The van der Waals surface area contributed by atoms with Crippen molar-refractivity contribution in [2.45, 2.75) is 0 Å². The monoisotopic (exact) mass is 347 g/mol. The minimum Gasteiger partial charge on any atom is -0.466 e. The topological polar surface area (TPSA) is 64.6 Å². The molecule has 1 aromatic carbocycles. The van der Waals surface area contributed by atoms with E-state index in [1.165, 1.54) is 14.2 Å². The number of carbonyl (C=O) groups is 2. The summed E-state index contributed by atoms with van der Waals surface area (Å²) in [5.41, 5.74) is 0.463. The van der Waals surface area contributed by atoms with E-state index < -0.39 is 11.9 Å². The molecule has 0 aliphatic carbocycles. The third-order valence-electron chi connectivity index (χ3n) is 2.07. The highest BCUT2D eigenvalue weighted by atomic mass is 79.9. The minimum atomic E-state index is -0.697. The van der Waals surface area contributed by atoms with E-state index in [-0.39, 0.29) is 5.70 Å². The number of nitrogens with one attached hydrogen (secondary N) is 1. The van der Waals surface area contributed by atoms with Gasteiger partial charge in [0.2, 0.25) is 0 Å². The van der Waals surface area contributed by atoms with E-state index in [1.807, 2.05) is 0 Å². The van der Waals surface area contributed by atoms with Crippen LogP contribution < -0.4 is 5.32 Å². The summed E-state index contributed by atoms with van der Waals surface area (Å²) in [6.07, 6.45) is 0.999. The lowest BCUT2D eigenvalue weighted by atomic mass is 10.3. The van der Waals surface area contributed by atoms with Crippen molar-refractivity contribution in [3.05, 3.63) is 39.5 Å². The number of rotatable bonds is 4. The number of hydrogen-bond donors (Lipinski definition) is 1. The predicted octanol–water partition coefficient (Wildman–Crippen LogP) is 2.74. The van der Waals surface area contributed by atoms with Gasteiger partial charge in [-0.1, -0.05) is 11.6 Å². The van der Waals surface area contributed by atoms with E-state index in [9.17, 15) is 9.59 Å². The van der Waals surface area contributed by atoms with Gasteiger partial charge in [0.1, 0.15) is 5.70 Å². The van der Waals surface area contributed by atoms with Crippen molar-refractivity contribution in [2.75, 3.05) is 19.5 Å². The Morgan fingerprint density at radius 3 is 2.58 bits per heavy atom. The van der Waals surface area contributed by atoms with Crippen LogP contribution in [0.25, 0.3) is 0 Å². The van der Waals surface area contributed by atoms with E-state index in [0.717, 1.165) is 6.08 Å². The first-order valence-corrected chi connectivity index (χ1v) is 6.25. The molecule has 0 atom stereocenters. The second kappa shape index (κ2) is 7.16. The maximum absolute atomic E-state index is 11.6. The molecule has 1 aromatic rings. The lowest BCUT2D eigenvalue weighted by Gasteiger charge is -2.11. The van der Waals surface area contributed by atoms with Crippen molar-refractivity contribution < 1.29 is 19.1 Å². The number of halogens is 2. The van der Waals surface area contributed by atoms with Crippen LogP contribution in [-0.2, 0) is 19.1 Å². The van der Waals surface area contributed by atoms with Gasteiger partial charge in [0.15, 0.2) is 0 Å². The van der Waals surface area contributed by atoms with Gasteiger partial charge in [0, 0.05) is 9.50 Å². The Hall–Kier alpha value is -1.53. The molecular weight excluding hydrogens is 337 g/mol. The largest absolute Gasteiger partial charge is 0.466 e. The van der Waals surface area contributed by atoms with Gasteiger partial charge >= 0.3 is 11.9 Å². The molecule has 0 bridgehead atoms. The molecule has 0 heterocycles. The molecule has 0 saturated heterocycles. The molecule has 102 valence electrons. The second-order valence-corrected chi connectivity index (χ2v) is 4.61. The minimum absolute atomic E-state index is 0.0580. The van der Waals surface area contributed by atoms with Crippen LogP contribution >= 0.6 is 27.5 Å². The maximum atomic E-state index is 11.6. The molecule has 5 nitrogen and oxygen atoms in total. The first-order chi connectivity index (χ1) is 8.97. The summed E-state index contributed by atoms with van der Waals surface area (Å²) in [5, 5.41) is 3.24. The molecule has 0 saturated carbocycles. The molecule has 0 fully saturated rings. The molecule has 0 radical (unpaired) electrons. The lowest BCUT2D eigenvalue weighted by molar-refractivity contribution is -0.138. The Morgan fingerprint density at radius 2 is 2.00 bits per heavy atom. The smallest absolute Gasteiger partial charge is 0.354 e. The van der Waals surface area contributed by atoms with Gasteiger partial charge in [-0.05, 0) is 34.1 Å². The average Bonchev–Trinajstić information content (AvgIpc) is 2.40. The highest BCUT2D eigenvalue weighted by Gasteiger charge is 2.14. The average molecular weight is 349 g/mol. The Bertz CT molecular complexity index is 530. The summed E-state index contributed by atoms with van der Waals surface area (Å²) < 4.78 is 9.72. The second-order valence-electron chi connectivity index (χ2n) is 3.32. The van der Waals surface area contributed by atoms with Crippen LogP contribution in [0.3, 0.4) is 0 Å². The van der Waals surface area contributed by atoms with Crippen molar-refractivity contribution in [1.29, 1.82) is 0 Å². The summed E-state index contributed by atoms with van der Waals surface area (Å²) in [5.74, 6) is -1.37. The first-order valence-electron chi connectivity index (χ1n) is 5.08. The summed E-state index contributed by atoms with van der Waals surface area (Å²) in [6, 6.07) is 4.98. The maximum Gasteiger partial charge on any atom is 0.354 e. The molecule has 0 aliphatic rings. The molecule has 0 aliphatic heterocycles. The predicted molar refractivity (Wildman–Crippen MR) is 74.9 cm³/mol. The lowest BCUT2D eigenvalue weighted by Crippen LogP contribution is -2.15. The van der Waals surface area contributed by atoms with E-state index in [0.29, 0.717) is 15.2 Å². The summed E-state index contributed by atoms with van der Waals surface area (Å²) >= 11 is 9.16. The molecule has 1 N–H and O–H groups in total. The fourth-order valence-electron chi connectivity index (χ4n) is 1.17. The molecular formula is C12H11BrClNO4. The first kappa shape index (κ1) is 15.5. The van der Waals surface area contributed by atoms with Gasteiger partial charge in [0.05, 0.1) is 26.0 Å². The number of methoxy groups -OCH3 is 2. The van der Waals surface area contributed by atoms with Crippen molar-refractivity contribution in [3.8, 4) is 0 Å². The molecule has 7 heteroatoms.